The quantitative estimate of drug-likeness (QED) is 0.0754. The fourth-order valence-electron chi connectivity index (χ4n) is 4.78. The van der Waals surface area contributed by atoms with Crippen LogP contribution in [0.2, 0.25) is 0 Å². The summed E-state index contributed by atoms with van der Waals surface area (Å²) in [5.74, 6) is 0.387. The highest BCUT2D eigenvalue weighted by atomic mass is 16.5. The van der Waals surface area contributed by atoms with E-state index in [9.17, 15) is 9.59 Å². The van der Waals surface area contributed by atoms with Crippen LogP contribution in [0.1, 0.15) is 175 Å². The van der Waals surface area contributed by atoms with Crippen molar-refractivity contribution in [2.24, 2.45) is 11.8 Å². The third-order valence-electron chi connectivity index (χ3n) is 7.77. The molecule has 4 heteroatoms. The topological polar surface area (TPSA) is 52.6 Å². The summed E-state index contributed by atoms with van der Waals surface area (Å²) in [6.45, 7) is 9.88. The lowest BCUT2D eigenvalue weighted by molar-refractivity contribution is -0.150. The van der Waals surface area contributed by atoms with Gasteiger partial charge in [-0.25, -0.2) is 0 Å². The second-order valence-electron chi connectivity index (χ2n) is 11.4. The van der Waals surface area contributed by atoms with Gasteiger partial charge in [-0.15, -0.1) is 0 Å². The van der Waals surface area contributed by atoms with Gasteiger partial charge < -0.3 is 9.47 Å². The molecule has 0 fully saturated rings. The average molecular weight is 525 g/mol. The Morgan fingerprint density at radius 3 is 1.43 bits per heavy atom. The van der Waals surface area contributed by atoms with Gasteiger partial charge in [0, 0.05) is 6.42 Å². The van der Waals surface area contributed by atoms with Gasteiger partial charge in [-0.3, -0.25) is 9.59 Å². The first-order valence-corrected chi connectivity index (χ1v) is 16.3. The van der Waals surface area contributed by atoms with Crippen molar-refractivity contribution < 1.29 is 19.1 Å². The maximum Gasteiger partial charge on any atom is 0.308 e. The molecule has 0 saturated carbocycles. The molecule has 0 aromatic rings. The first kappa shape index (κ1) is 35.9. The molecule has 4 nitrogen and oxygen atoms in total. The summed E-state index contributed by atoms with van der Waals surface area (Å²) in [6.07, 6.45) is 27.3. The Morgan fingerprint density at radius 1 is 0.514 bits per heavy atom. The molecular formula is C33H64O4. The zero-order valence-corrected chi connectivity index (χ0v) is 25.5. The van der Waals surface area contributed by atoms with Gasteiger partial charge in [0.1, 0.15) is 0 Å². The molecule has 0 aromatic carbocycles. The number of rotatable bonds is 28. The molecule has 2 atom stereocenters. The maximum absolute atomic E-state index is 12.3. The molecule has 0 bridgehead atoms. The highest BCUT2D eigenvalue weighted by molar-refractivity contribution is 5.72. The van der Waals surface area contributed by atoms with Crippen molar-refractivity contribution in [1.82, 2.24) is 0 Å². The minimum Gasteiger partial charge on any atom is -0.466 e. The fraction of sp³-hybridized carbons (Fsp3) is 0.939. The van der Waals surface area contributed by atoms with E-state index in [1.54, 1.807) is 0 Å². The fourth-order valence-corrected chi connectivity index (χ4v) is 4.78. The Hall–Kier alpha value is -1.06. The lowest BCUT2D eigenvalue weighted by atomic mass is 9.90. The lowest BCUT2D eigenvalue weighted by Gasteiger charge is -2.18. The molecule has 0 heterocycles. The Labute approximate surface area is 231 Å². The maximum atomic E-state index is 12.3. The van der Waals surface area contributed by atoms with Gasteiger partial charge >= 0.3 is 11.9 Å². The van der Waals surface area contributed by atoms with Crippen molar-refractivity contribution in [1.29, 1.82) is 0 Å². The zero-order chi connectivity index (χ0) is 27.4. The van der Waals surface area contributed by atoms with Crippen LogP contribution in [0.15, 0.2) is 0 Å². The molecule has 0 aliphatic carbocycles. The highest BCUT2D eigenvalue weighted by Crippen LogP contribution is 2.21. The average Bonchev–Trinajstić information content (AvgIpc) is 2.89. The van der Waals surface area contributed by atoms with Crippen LogP contribution in [-0.4, -0.2) is 25.2 Å². The summed E-state index contributed by atoms with van der Waals surface area (Å²) in [6, 6.07) is 0. The van der Waals surface area contributed by atoms with E-state index in [1.807, 2.05) is 6.92 Å². The minimum atomic E-state index is -0.0110. The Balaban J connectivity index is 3.45. The zero-order valence-electron chi connectivity index (χ0n) is 25.5. The highest BCUT2D eigenvalue weighted by Gasteiger charge is 2.21. The SMILES string of the molecule is CCCCCCCCOC(=O)CCCCCCCCCCCC(C)C(C)C(=O)OCCCCCCCC. The van der Waals surface area contributed by atoms with Crippen LogP contribution < -0.4 is 0 Å². The Morgan fingerprint density at radius 2 is 0.919 bits per heavy atom. The molecule has 0 aromatic heterocycles. The molecule has 2 unspecified atom stereocenters. The number of hydrogen-bond donors (Lipinski definition) is 0. The molecule has 220 valence electrons. The number of esters is 2. The molecule has 0 saturated heterocycles. The van der Waals surface area contributed by atoms with Crippen LogP contribution >= 0.6 is 0 Å². The second kappa shape index (κ2) is 28.0. The smallest absolute Gasteiger partial charge is 0.308 e. The van der Waals surface area contributed by atoms with E-state index in [-0.39, 0.29) is 17.9 Å². The van der Waals surface area contributed by atoms with Gasteiger partial charge in [-0.2, -0.15) is 0 Å². The number of carbonyl (C=O) groups is 2. The molecule has 0 aliphatic heterocycles. The van der Waals surface area contributed by atoms with E-state index in [1.165, 1.54) is 109 Å². The summed E-state index contributed by atoms with van der Waals surface area (Å²) < 4.78 is 10.9. The van der Waals surface area contributed by atoms with Gasteiger partial charge in [0.2, 0.25) is 0 Å². The monoisotopic (exact) mass is 524 g/mol. The van der Waals surface area contributed by atoms with Gasteiger partial charge in [-0.05, 0) is 31.6 Å². The molecule has 0 rings (SSSR count). The number of hydrogen-bond acceptors (Lipinski definition) is 4. The van der Waals surface area contributed by atoms with E-state index < -0.39 is 0 Å². The van der Waals surface area contributed by atoms with Crippen LogP contribution in [-0.2, 0) is 19.1 Å². The summed E-state index contributed by atoms with van der Waals surface area (Å²) >= 11 is 0. The van der Waals surface area contributed by atoms with Crippen LogP contribution in [0.3, 0.4) is 0 Å². The van der Waals surface area contributed by atoms with Crippen molar-refractivity contribution in [2.45, 2.75) is 175 Å². The van der Waals surface area contributed by atoms with Crippen LogP contribution in [0.4, 0.5) is 0 Å². The molecule has 37 heavy (non-hydrogen) atoms. The molecule has 0 N–H and O–H groups in total. The first-order valence-electron chi connectivity index (χ1n) is 16.3. The predicted octanol–water partition coefficient (Wildman–Crippen LogP) is 10.4. The standard InChI is InChI=1S/C33H64O4/c1-5-7-9-11-20-24-28-36-32(34)27-23-19-17-15-13-14-16-18-22-26-30(3)31(4)33(35)37-29-25-21-12-10-8-6-2/h30-31H,5-29H2,1-4H3. The van der Waals surface area contributed by atoms with Crippen molar-refractivity contribution in [2.75, 3.05) is 13.2 Å². The third-order valence-corrected chi connectivity index (χ3v) is 7.77. The summed E-state index contributed by atoms with van der Waals surface area (Å²) in [5.41, 5.74) is 0. The Kier molecular flexibility index (Phi) is 27.2. The Bertz CT molecular complexity index is 505. The van der Waals surface area contributed by atoms with Gasteiger partial charge in [-0.1, -0.05) is 143 Å². The van der Waals surface area contributed by atoms with Crippen molar-refractivity contribution >= 4 is 11.9 Å². The third kappa shape index (κ3) is 25.0. The molecule has 0 amide bonds. The molecule has 0 radical (unpaired) electrons. The van der Waals surface area contributed by atoms with E-state index in [0.717, 1.165) is 32.1 Å². The van der Waals surface area contributed by atoms with Crippen molar-refractivity contribution in [3.8, 4) is 0 Å². The summed E-state index contributed by atoms with van der Waals surface area (Å²) in [4.78, 5) is 24.1. The van der Waals surface area contributed by atoms with Gasteiger partial charge in [0.25, 0.3) is 0 Å². The summed E-state index contributed by atoms with van der Waals surface area (Å²) in [5, 5.41) is 0. The molecule has 0 aliphatic rings. The van der Waals surface area contributed by atoms with E-state index >= 15 is 0 Å². The normalized spacial score (nSPS) is 12.9. The molecular weight excluding hydrogens is 460 g/mol. The number of carbonyl (C=O) groups excluding carboxylic acids is 2. The van der Waals surface area contributed by atoms with E-state index in [2.05, 4.69) is 20.8 Å². The summed E-state index contributed by atoms with van der Waals surface area (Å²) in [7, 11) is 0. The largest absolute Gasteiger partial charge is 0.466 e. The van der Waals surface area contributed by atoms with Crippen LogP contribution in [0, 0.1) is 11.8 Å². The predicted molar refractivity (Wildman–Crippen MR) is 158 cm³/mol. The van der Waals surface area contributed by atoms with E-state index in [0.29, 0.717) is 25.6 Å². The van der Waals surface area contributed by atoms with Crippen molar-refractivity contribution in [3.05, 3.63) is 0 Å². The number of ether oxygens (including phenoxy) is 2. The van der Waals surface area contributed by atoms with Gasteiger partial charge in [0.15, 0.2) is 0 Å². The van der Waals surface area contributed by atoms with Crippen LogP contribution in [0.5, 0.6) is 0 Å². The molecule has 0 spiro atoms. The van der Waals surface area contributed by atoms with E-state index in [4.69, 9.17) is 9.47 Å². The van der Waals surface area contributed by atoms with Gasteiger partial charge in [0.05, 0.1) is 19.1 Å². The first-order chi connectivity index (χ1) is 18.0. The minimum absolute atomic E-state index is 0.00729. The second-order valence-corrected chi connectivity index (χ2v) is 11.4. The lowest BCUT2D eigenvalue weighted by Crippen LogP contribution is -2.22. The van der Waals surface area contributed by atoms with Crippen LogP contribution in [0.25, 0.3) is 0 Å². The van der Waals surface area contributed by atoms with Crippen molar-refractivity contribution in [3.63, 3.8) is 0 Å². The number of unbranched alkanes of at least 4 members (excludes halogenated alkanes) is 18.